The zero-order chi connectivity index (χ0) is 17.2. The molecule has 1 N–H and O–H groups in total. The van der Waals surface area contributed by atoms with Gasteiger partial charge in [-0.2, -0.15) is 0 Å². The summed E-state index contributed by atoms with van der Waals surface area (Å²) in [7, 11) is -3.11. The number of furan rings is 1. The first kappa shape index (κ1) is 15.4. The molecule has 1 aromatic heterocycles. The Bertz CT molecular complexity index is 1060. The molecule has 4 nitrogen and oxygen atoms in total. The van der Waals surface area contributed by atoms with Crippen LogP contribution in [0.25, 0.3) is 21.9 Å². The standard InChI is InChI=1S/C20H20O4S/c21-20(11-13-5-3-6-14(12-20)25(13,22)23)17-9-4-8-16-15-7-1-2-10-18(15)24-19(16)17/h1-2,4,7-10,13-14,21H,3,5-6,11-12H2. The maximum absolute atomic E-state index is 12.6. The molecule has 2 unspecified atom stereocenters. The average molecular weight is 356 g/mol. The molecular formula is C20H20O4S. The average Bonchev–Trinajstić information content (AvgIpc) is 2.95. The second-order valence-corrected chi connectivity index (χ2v) is 10.00. The van der Waals surface area contributed by atoms with Gasteiger partial charge in [0.1, 0.15) is 11.2 Å². The summed E-state index contributed by atoms with van der Waals surface area (Å²) < 4.78 is 31.2. The maximum atomic E-state index is 12.6. The van der Waals surface area contributed by atoms with Gasteiger partial charge < -0.3 is 9.52 Å². The molecule has 2 bridgehead atoms. The molecule has 130 valence electrons. The minimum Gasteiger partial charge on any atom is -0.456 e. The highest BCUT2D eigenvalue weighted by molar-refractivity contribution is 7.92. The van der Waals surface area contributed by atoms with Crippen molar-refractivity contribution in [2.24, 2.45) is 0 Å². The number of aliphatic hydroxyl groups is 1. The van der Waals surface area contributed by atoms with Crippen LogP contribution in [0.4, 0.5) is 0 Å². The smallest absolute Gasteiger partial charge is 0.156 e. The lowest BCUT2D eigenvalue weighted by molar-refractivity contribution is 0.00567. The van der Waals surface area contributed by atoms with Crippen molar-refractivity contribution in [2.75, 3.05) is 0 Å². The van der Waals surface area contributed by atoms with Crippen LogP contribution >= 0.6 is 0 Å². The molecule has 5 heteroatoms. The van der Waals surface area contributed by atoms with E-state index >= 15 is 0 Å². The summed E-state index contributed by atoms with van der Waals surface area (Å²) in [5, 5.41) is 12.6. The summed E-state index contributed by atoms with van der Waals surface area (Å²) in [6.07, 6.45) is 2.76. The first-order valence-electron chi connectivity index (χ1n) is 8.85. The van der Waals surface area contributed by atoms with Crippen molar-refractivity contribution in [1.82, 2.24) is 0 Å². The van der Waals surface area contributed by atoms with Crippen molar-refractivity contribution in [2.45, 2.75) is 48.2 Å². The van der Waals surface area contributed by atoms with Crippen molar-refractivity contribution in [1.29, 1.82) is 0 Å². The van der Waals surface area contributed by atoms with Crippen LogP contribution in [-0.2, 0) is 15.4 Å². The molecule has 3 heterocycles. The van der Waals surface area contributed by atoms with Crippen LogP contribution in [-0.4, -0.2) is 24.0 Å². The van der Waals surface area contributed by atoms with Crippen molar-refractivity contribution in [3.8, 4) is 0 Å². The van der Waals surface area contributed by atoms with E-state index in [1.165, 1.54) is 0 Å². The molecule has 0 amide bonds. The fourth-order valence-corrected chi connectivity index (χ4v) is 7.33. The summed E-state index contributed by atoms with van der Waals surface area (Å²) >= 11 is 0. The lowest BCUT2D eigenvalue weighted by Gasteiger charge is -2.43. The largest absolute Gasteiger partial charge is 0.456 e. The Balaban J connectivity index is 1.71. The molecule has 0 aliphatic carbocycles. The van der Waals surface area contributed by atoms with Gasteiger partial charge in [0.15, 0.2) is 9.84 Å². The van der Waals surface area contributed by atoms with Gasteiger partial charge in [0.2, 0.25) is 0 Å². The van der Waals surface area contributed by atoms with E-state index in [0.717, 1.165) is 28.3 Å². The molecular weight excluding hydrogens is 336 g/mol. The van der Waals surface area contributed by atoms with Crippen LogP contribution in [0.1, 0.15) is 37.7 Å². The van der Waals surface area contributed by atoms with Crippen LogP contribution in [0.3, 0.4) is 0 Å². The van der Waals surface area contributed by atoms with E-state index in [0.29, 0.717) is 18.4 Å². The Morgan fingerprint density at radius 3 is 2.40 bits per heavy atom. The van der Waals surface area contributed by atoms with E-state index in [-0.39, 0.29) is 12.8 Å². The highest BCUT2D eigenvalue weighted by Gasteiger charge is 2.51. The number of hydrogen-bond donors (Lipinski definition) is 1. The normalized spacial score (nSPS) is 31.4. The molecule has 2 fully saturated rings. The van der Waals surface area contributed by atoms with Crippen LogP contribution in [0.15, 0.2) is 46.9 Å². The van der Waals surface area contributed by atoms with Crippen LogP contribution in [0.5, 0.6) is 0 Å². The fraction of sp³-hybridized carbons (Fsp3) is 0.400. The van der Waals surface area contributed by atoms with E-state index in [2.05, 4.69) is 0 Å². The van der Waals surface area contributed by atoms with Crippen LogP contribution in [0.2, 0.25) is 0 Å². The Morgan fingerprint density at radius 2 is 1.64 bits per heavy atom. The van der Waals surface area contributed by atoms with Gasteiger partial charge in [-0.3, -0.25) is 0 Å². The Kier molecular flexibility index (Phi) is 3.13. The summed E-state index contributed by atoms with van der Waals surface area (Å²) in [4.78, 5) is 0. The number of hydrogen-bond acceptors (Lipinski definition) is 4. The van der Waals surface area contributed by atoms with Gasteiger partial charge in [-0.1, -0.05) is 42.8 Å². The minimum atomic E-state index is -3.11. The molecule has 5 rings (SSSR count). The van der Waals surface area contributed by atoms with Gasteiger partial charge in [0.25, 0.3) is 0 Å². The van der Waals surface area contributed by atoms with Gasteiger partial charge >= 0.3 is 0 Å². The Morgan fingerprint density at radius 1 is 0.960 bits per heavy atom. The number of benzene rings is 2. The van der Waals surface area contributed by atoms with Gasteiger partial charge in [-0.25, -0.2) is 8.42 Å². The van der Waals surface area contributed by atoms with Crippen molar-refractivity contribution >= 4 is 31.8 Å². The first-order chi connectivity index (χ1) is 12.0. The molecule has 0 saturated carbocycles. The monoisotopic (exact) mass is 356 g/mol. The minimum absolute atomic E-state index is 0.266. The first-order valence-corrected chi connectivity index (χ1v) is 10.5. The molecule has 0 radical (unpaired) electrons. The third-order valence-electron chi connectivity index (χ3n) is 6.02. The van der Waals surface area contributed by atoms with Crippen molar-refractivity contribution < 1.29 is 17.9 Å². The topological polar surface area (TPSA) is 67.5 Å². The molecule has 2 aliphatic rings. The number of sulfone groups is 1. The van der Waals surface area contributed by atoms with Gasteiger partial charge in [-0.15, -0.1) is 0 Å². The quantitative estimate of drug-likeness (QED) is 0.718. The van der Waals surface area contributed by atoms with Crippen LogP contribution < -0.4 is 0 Å². The molecule has 0 spiro atoms. The van der Waals surface area contributed by atoms with Crippen molar-refractivity contribution in [3.05, 3.63) is 48.0 Å². The lowest BCUT2D eigenvalue weighted by atomic mass is 9.80. The highest BCUT2D eigenvalue weighted by atomic mass is 32.2. The number of para-hydroxylation sites is 2. The summed E-state index contributed by atoms with van der Waals surface area (Å²) in [5.41, 5.74) is 1.06. The Labute approximate surface area is 146 Å². The molecule has 2 aromatic carbocycles. The van der Waals surface area contributed by atoms with Crippen molar-refractivity contribution in [3.63, 3.8) is 0 Å². The second kappa shape index (κ2) is 5.08. The number of rotatable bonds is 1. The van der Waals surface area contributed by atoms with Gasteiger partial charge in [0, 0.05) is 16.3 Å². The number of fused-ring (bicyclic) bond motifs is 5. The lowest BCUT2D eigenvalue weighted by Crippen LogP contribution is -2.50. The zero-order valence-electron chi connectivity index (χ0n) is 13.8. The second-order valence-electron chi connectivity index (χ2n) is 7.48. The third-order valence-corrected chi connectivity index (χ3v) is 8.68. The summed E-state index contributed by atoms with van der Waals surface area (Å²) in [5.74, 6) is 0. The van der Waals surface area contributed by atoms with E-state index in [1.807, 2.05) is 42.5 Å². The molecule has 2 saturated heterocycles. The van der Waals surface area contributed by atoms with Crippen LogP contribution in [0, 0.1) is 0 Å². The predicted octanol–water partition coefficient (Wildman–Crippen LogP) is 3.90. The molecule has 25 heavy (non-hydrogen) atoms. The van der Waals surface area contributed by atoms with Gasteiger partial charge in [0.05, 0.1) is 16.1 Å². The molecule has 2 aliphatic heterocycles. The van der Waals surface area contributed by atoms with Gasteiger partial charge in [-0.05, 0) is 31.7 Å². The Hall–Kier alpha value is -1.85. The third kappa shape index (κ3) is 2.12. The highest BCUT2D eigenvalue weighted by Crippen LogP contribution is 2.48. The van der Waals surface area contributed by atoms with E-state index in [1.54, 1.807) is 0 Å². The van der Waals surface area contributed by atoms with E-state index in [9.17, 15) is 13.5 Å². The summed E-state index contributed by atoms with van der Waals surface area (Å²) in [6.45, 7) is 0. The molecule has 2 atom stereocenters. The maximum Gasteiger partial charge on any atom is 0.156 e. The summed E-state index contributed by atoms with van der Waals surface area (Å²) in [6, 6.07) is 13.6. The predicted molar refractivity (Wildman–Crippen MR) is 97.2 cm³/mol. The van der Waals surface area contributed by atoms with E-state index < -0.39 is 25.9 Å². The SMILES string of the molecule is O=S1(=O)C2CCCC1CC(O)(c1cccc3c1oc1ccccc13)C2. The zero-order valence-corrected chi connectivity index (χ0v) is 14.6. The molecule has 3 aromatic rings. The van der Waals surface area contributed by atoms with E-state index in [4.69, 9.17) is 4.42 Å². The fourth-order valence-electron chi connectivity index (χ4n) is 4.78.